The monoisotopic (exact) mass is 782 g/mol. The number of Topliss-reactive ketones (excluding diaryl/α,β-unsaturated/α-hetero) is 2. The summed E-state index contributed by atoms with van der Waals surface area (Å²) in [6.07, 6.45) is 10.2. The van der Waals surface area contributed by atoms with Gasteiger partial charge in [-0.3, -0.25) is 14.4 Å². The maximum Gasteiger partial charge on any atom is 0.336 e. The summed E-state index contributed by atoms with van der Waals surface area (Å²) < 4.78 is 24.2. The van der Waals surface area contributed by atoms with Crippen LogP contribution in [0, 0.1) is 17.8 Å². The molecule has 4 N–H and O–H groups in total. The Labute approximate surface area is 333 Å². The zero-order valence-corrected chi connectivity index (χ0v) is 34.4. The molecule has 12 nitrogen and oxygen atoms in total. The van der Waals surface area contributed by atoms with Gasteiger partial charge < -0.3 is 39.8 Å². The normalized spacial score (nSPS) is 38.6. The number of amides is 1. The molecule has 0 aromatic heterocycles. The molecular weight excluding hydrogens is 716 g/mol. The van der Waals surface area contributed by atoms with Gasteiger partial charge in [0.25, 0.3) is 11.7 Å². The Kier molecular flexibility index (Phi) is 16.2. The molecule has 4 aliphatic rings. The molecule has 0 radical (unpaired) electrons. The Morgan fingerprint density at radius 1 is 1.04 bits per heavy atom. The van der Waals surface area contributed by atoms with Gasteiger partial charge in [0.05, 0.1) is 24.4 Å². The van der Waals surface area contributed by atoms with Crippen molar-refractivity contribution in [3.05, 3.63) is 60.3 Å². The Balaban J connectivity index is 1.85. The zero-order valence-electron chi connectivity index (χ0n) is 34.4. The first-order chi connectivity index (χ1) is 26.6. The summed E-state index contributed by atoms with van der Waals surface area (Å²) in [5, 5.41) is 23.7. The van der Waals surface area contributed by atoms with Crippen LogP contribution < -0.4 is 5.73 Å². The van der Waals surface area contributed by atoms with Gasteiger partial charge in [0.1, 0.15) is 12.2 Å². The fourth-order valence-electron chi connectivity index (χ4n) is 8.98. The third-order valence-electron chi connectivity index (χ3n) is 12.3. The van der Waals surface area contributed by atoms with Gasteiger partial charge >= 0.3 is 5.97 Å². The molecule has 0 spiro atoms. The molecule has 0 saturated carbocycles. The largest absolute Gasteiger partial charge is 0.454 e. The van der Waals surface area contributed by atoms with Gasteiger partial charge in [-0.2, -0.15) is 0 Å². The summed E-state index contributed by atoms with van der Waals surface area (Å²) >= 11 is 0. The van der Waals surface area contributed by atoms with Gasteiger partial charge in [-0.1, -0.05) is 56.7 Å². The fraction of sp³-hybridized carbons (Fsp3) is 0.682. The van der Waals surface area contributed by atoms with Crippen LogP contribution in [0.1, 0.15) is 105 Å². The summed E-state index contributed by atoms with van der Waals surface area (Å²) in [5.74, 6) is -6.98. The number of aliphatic hydroxyl groups excluding tert-OH is 1. The summed E-state index contributed by atoms with van der Waals surface area (Å²) in [6, 6.07) is -1.23. The molecule has 2 bridgehead atoms. The lowest BCUT2D eigenvalue weighted by atomic mass is 9.81. The molecule has 1 amide bonds. The Hall–Kier alpha value is -3.26. The highest BCUT2D eigenvalue weighted by atomic mass is 16.7. The minimum atomic E-state index is -2.55. The predicted molar refractivity (Wildman–Crippen MR) is 213 cm³/mol. The third-order valence-corrected chi connectivity index (χ3v) is 12.3. The number of carbonyl (C=O) groups is 4. The molecule has 11 unspecified atom stereocenters. The van der Waals surface area contributed by atoms with Crippen molar-refractivity contribution in [2.45, 2.75) is 153 Å². The summed E-state index contributed by atoms with van der Waals surface area (Å²) in [6.45, 7) is 15.2. The van der Waals surface area contributed by atoms with E-state index in [-0.39, 0.29) is 49.8 Å². The first kappa shape index (κ1) is 45.4. The molecule has 2 fully saturated rings. The lowest BCUT2D eigenvalue weighted by Gasteiger charge is -2.48. The number of nitrogens with two attached hydrogens (primary N) is 1. The number of allylic oxidation sites excluding steroid dienone is 6. The van der Waals surface area contributed by atoms with Gasteiger partial charge in [0, 0.05) is 33.1 Å². The number of rotatable bonds is 7. The second-order valence-corrected chi connectivity index (χ2v) is 16.6. The van der Waals surface area contributed by atoms with Gasteiger partial charge in [0.2, 0.25) is 5.79 Å². The van der Waals surface area contributed by atoms with Gasteiger partial charge in [0.15, 0.2) is 11.3 Å². The predicted octanol–water partition coefficient (Wildman–Crippen LogP) is 5.21. The first-order valence-electron chi connectivity index (χ1n) is 20.4. The molecule has 312 valence electrons. The number of fused-ring (bicyclic) bond motifs is 3. The van der Waals surface area contributed by atoms with E-state index in [1.807, 2.05) is 26.0 Å². The highest BCUT2D eigenvalue weighted by Crippen LogP contribution is 2.40. The smallest absolute Gasteiger partial charge is 0.336 e. The van der Waals surface area contributed by atoms with E-state index in [4.69, 9.17) is 24.7 Å². The Bertz CT molecular complexity index is 1550. The highest BCUT2D eigenvalue weighted by Gasteiger charge is 2.58. The molecule has 3 aliphatic heterocycles. The van der Waals surface area contributed by atoms with Gasteiger partial charge in [-0.05, 0) is 101 Å². The number of ketones is 2. The van der Waals surface area contributed by atoms with Crippen LogP contribution in [0.15, 0.2) is 60.3 Å². The van der Waals surface area contributed by atoms with E-state index in [0.717, 1.165) is 36.2 Å². The van der Waals surface area contributed by atoms with Crippen molar-refractivity contribution < 1.29 is 48.3 Å². The van der Waals surface area contributed by atoms with E-state index in [9.17, 15) is 29.4 Å². The standard InChI is InChI=1S/C44H66N2O10/c1-9-16-32-22-27(3)21-28(4)23-35(53-7)39-36(54-8)25-30(6)44(52,56-39)40(49)41(50)46-20-15-14-19-43(46,10-2)42(51)55-38(37(45)34(48)26-33(32)47)29(5)24-31-17-12-11-13-18-31/h9-10,17,22,24,27-28,30,34-39,48,52H,1-2,11-16,18-21,23,25-26,45H2,3-8H3/b29-24?,32-22+. The number of esters is 1. The van der Waals surface area contributed by atoms with Crippen LogP contribution >= 0.6 is 0 Å². The number of cyclic esters (lactones) is 1. The SMILES string of the molecule is C=CC/C1=C\C(C)CC(C)CC(OC)C2OC(O)(C(=O)C(=O)N3CCCCC3(C=C)C(=O)OC(C(C)=CC3=CCCCC3)C(N)C(O)CC1=O)C(C)CC2OC. The number of carbonyl (C=O) groups excluding carboxylic acids is 4. The second kappa shape index (κ2) is 19.9. The van der Waals surface area contributed by atoms with Crippen LogP contribution in [0.4, 0.5) is 0 Å². The van der Waals surface area contributed by atoms with Crippen LogP contribution in [-0.4, -0.2) is 107 Å². The maximum atomic E-state index is 14.6. The van der Waals surface area contributed by atoms with Crippen LogP contribution in [-0.2, 0) is 38.1 Å². The van der Waals surface area contributed by atoms with Crippen molar-refractivity contribution in [1.82, 2.24) is 4.90 Å². The topological polar surface area (TPSA) is 175 Å². The minimum absolute atomic E-state index is 0.00461. The molecule has 0 aromatic rings. The summed E-state index contributed by atoms with van der Waals surface area (Å²) in [5.41, 5.74) is 7.03. The second-order valence-electron chi connectivity index (χ2n) is 16.6. The molecular formula is C44H66N2O10. The summed E-state index contributed by atoms with van der Waals surface area (Å²) in [7, 11) is 3.04. The molecule has 0 aromatic carbocycles. The number of hydrogen-bond acceptors (Lipinski definition) is 11. The number of hydrogen-bond donors (Lipinski definition) is 3. The van der Waals surface area contributed by atoms with Crippen LogP contribution in [0.2, 0.25) is 0 Å². The van der Waals surface area contributed by atoms with Gasteiger partial charge in [-0.15, -0.1) is 13.2 Å². The van der Waals surface area contributed by atoms with Crippen molar-refractivity contribution in [2.75, 3.05) is 20.8 Å². The Morgan fingerprint density at radius 3 is 2.36 bits per heavy atom. The van der Waals surface area contributed by atoms with Crippen molar-refractivity contribution in [1.29, 1.82) is 0 Å². The molecule has 3 heterocycles. The number of methoxy groups -OCH3 is 2. The van der Waals surface area contributed by atoms with Crippen LogP contribution in [0.3, 0.4) is 0 Å². The van der Waals surface area contributed by atoms with E-state index < -0.39 is 71.5 Å². The molecule has 2 saturated heterocycles. The lowest BCUT2D eigenvalue weighted by Crippen LogP contribution is -2.67. The van der Waals surface area contributed by atoms with Crippen molar-refractivity contribution >= 4 is 23.4 Å². The summed E-state index contributed by atoms with van der Waals surface area (Å²) in [4.78, 5) is 58.4. The first-order valence-corrected chi connectivity index (χ1v) is 20.4. The lowest BCUT2D eigenvalue weighted by molar-refractivity contribution is -0.302. The Morgan fingerprint density at radius 2 is 1.73 bits per heavy atom. The molecule has 11 atom stereocenters. The van der Waals surface area contributed by atoms with E-state index in [0.29, 0.717) is 36.8 Å². The van der Waals surface area contributed by atoms with Crippen molar-refractivity contribution in [3.8, 4) is 0 Å². The molecule has 56 heavy (non-hydrogen) atoms. The van der Waals surface area contributed by atoms with Crippen molar-refractivity contribution in [2.24, 2.45) is 23.5 Å². The zero-order chi connectivity index (χ0) is 41.4. The molecule has 1 aliphatic carbocycles. The van der Waals surface area contributed by atoms with Crippen LogP contribution in [0.5, 0.6) is 0 Å². The van der Waals surface area contributed by atoms with E-state index >= 15 is 0 Å². The van der Waals surface area contributed by atoms with E-state index in [1.54, 1.807) is 19.9 Å². The van der Waals surface area contributed by atoms with Crippen molar-refractivity contribution in [3.63, 3.8) is 0 Å². The van der Waals surface area contributed by atoms with Gasteiger partial charge in [-0.25, -0.2) is 4.79 Å². The highest BCUT2D eigenvalue weighted by molar-refractivity contribution is 6.39. The molecule has 12 heteroatoms. The molecule has 4 rings (SSSR count). The number of ether oxygens (including phenoxy) is 4. The minimum Gasteiger partial charge on any atom is -0.454 e. The number of piperidine rings is 1. The maximum absolute atomic E-state index is 14.6. The third kappa shape index (κ3) is 10.1. The van der Waals surface area contributed by atoms with E-state index in [1.165, 1.54) is 20.3 Å². The fourth-order valence-corrected chi connectivity index (χ4v) is 8.98. The van der Waals surface area contributed by atoms with E-state index in [2.05, 4.69) is 19.2 Å². The number of aliphatic hydroxyl groups is 2. The average molecular weight is 783 g/mol. The number of nitrogens with zero attached hydrogens (tertiary/aromatic N) is 1. The average Bonchev–Trinajstić information content (AvgIpc) is 3.18. The quantitative estimate of drug-likeness (QED) is 0.176. The van der Waals surface area contributed by atoms with Crippen LogP contribution in [0.25, 0.3) is 0 Å².